The number of unbranched alkanes of at least 4 members (excludes halogenated alkanes) is 1. The van der Waals surface area contributed by atoms with Gasteiger partial charge in [-0.15, -0.1) is 0 Å². The lowest BCUT2D eigenvalue weighted by molar-refractivity contribution is -0.138. The number of amides is 1. The Morgan fingerprint density at radius 1 is 1.36 bits per heavy atom. The van der Waals surface area contributed by atoms with E-state index in [4.69, 9.17) is 16.6 Å². The Labute approximate surface area is 82.6 Å². The predicted octanol–water partition coefficient (Wildman–Crippen LogP) is -1.36. The molecule has 1 unspecified atom stereocenters. The number of nitrogens with two attached hydrogens (primary N) is 2. The second-order valence-electron chi connectivity index (χ2n) is 2.99. The van der Waals surface area contributed by atoms with Gasteiger partial charge >= 0.3 is 5.97 Å². The van der Waals surface area contributed by atoms with E-state index in [1.54, 1.807) is 0 Å². The lowest BCUT2D eigenvalue weighted by Crippen LogP contribution is -2.42. The van der Waals surface area contributed by atoms with Crippen LogP contribution in [0.2, 0.25) is 0 Å². The van der Waals surface area contributed by atoms with Crippen LogP contribution in [0.5, 0.6) is 0 Å². The molecule has 0 saturated heterocycles. The molecule has 0 saturated carbocycles. The van der Waals surface area contributed by atoms with Crippen molar-refractivity contribution in [3.05, 3.63) is 0 Å². The summed E-state index contributed by atoms with van der Waals surface area (Å²) in [7, 11) is 0. The number of carboxylic acid groups (broad SMARTS) is 1. The maximum atomic E-state index is 11.0. The van der Waals surface area contributed by atoms with Crippen LogP contribution < -0.4 is 16.8 Å². The summed E-state index contributed by atoms with van der Waals surface area (Å²) in [6.07, 6.45) is 1.87. The van der Waals surface area contributed by atoms with Crippen molar-refractivity contribution in [1.29, 1.82) is 0 Å². The Bertz CT molecular complexity index is 196. The minimum absolute atomic E-state index is 0.0310. The monoisotopic (exact) mass is 203 g/mol. The predicted molar refractivity (Wildman–Crippen MR) is 51.5 cm³/mol. The lowest BCUT2D eigenvalue weighted by Gasteiger charge is -2.07. The van der Waals surface area contributed by atoms with Crippen molar-refractivity contribution in [2.75, 3.05) is 13.1 Å². The summed E-state index contributed by atoms with van der Waals surface area (Å²) in [4.78, 5) is 21.3. The molecule has 0 fully saturated rings. The number of carbonyl (C=O) groups is 2. The first kappa shape index (κ1) is 12.9. The van der Waals surface area contributed by atoms with E-state index >= 15 is 0 Å². The van der Waals surface area contributed by atoms with E-state index in [2.05, 4.69) is 5.32 Å². The third-order valence-electron chi connectivity index (χ3n) is 1.69. The van der Waals surface area contributed by atoms with Gasteiger partial charge in [0.15, 0.2) is 0 Å². The smallest absolute Gasteiger partial charge is 0.322 e. The van der Waals surface area contributed by atoms with Crippen LogP contribution in [-0.2, 0) is 9.59 Å². The average Bonchev–Trinajstić information content (AvgIpc) is 2.14. The first-order valence-electron chi connectivity index (χ1n) is 4.53. The lowest BCUT2D eigenvalue weighted by atomic mass is 10.2. The van der Waals surface area contributed by atoms with Crippen LogP contribution in [0.1, 0.15) is 19.3 Å². The van der Waals surface area contributed by atoms with E-state index in [-0.39, 0.29) is 12.5 Å². The molecule has 0 aliphatic carbocycles. The molecule has 0 aromatic heterocycles. The quantitative estimate of drug-likeness (QED) is 0.381. The highest BCUT2D eigenvalue weighted by Gasteiger charge is 2.11. The molecule has 0 aromatic carbocycles. The fourth-order valence-corrected chi connectivity index (χ4v) is 0.829. The SMILES string of the molecule is NCCCCC(=O)NCC(N)C(=O)O. The van der Waals surface area contributed by atoms with Crippen LogP contribution in [0, 0.1) is 0 Å². The molecule has 0 radical (unpaired) electrons. The minimum Gasteiger partial charge on any atom is -0.480 e. The molecule has 0 heterocycles. The largest absolute Gasteiger partial charge is 0.480 e. The normalized spacial score (nSPS) is 12.1. The topological polar surface area (TPSA) is 118 Å². The zero-order chi connectivity index (χ0) is 11.0. The number of aliphatic carboxylic acids is 1. The summed E-state index contributed by atoms with van der Waals surface area (Å²) < 4.78 is 0. The molecule has 0 rings (SSSR count). The van der Waals surface area contributed by atoms with Crippen molar-refractivity contribution in [2.45, 2.75) is 25.3 Å². The second-order valence-corrected chi connectivity index (χ2v) is 2.99. The Hall–Kier alpha value is -1.14. The van der Waals surface area contributed by atoms with Crippen molar-refractivity contribution in [3.8, 4) is 0 Å². The molecule has 6 N–H and O–H groups in total. The first-order valence-corrected chi connectivity index (χ1v) is 4.53. The summed E-state index contributed by atoms with van der Waals surface area (Å²) in [5.74, 6) is -1.30. The highest BCUT2D eigenvalue weighted by Crippen LogP contribution is 1.92. The van der Waals surface area contributed by atoms with Crippen LogP contribution >= 0.6 is 0 Å². The van der Waals surface area contributed by atoms with Crippen LogP contribution in [0.4, 0.5) is 0 Å². The van der Waals surface area contributed by atoms with Gasteiger partial charge in [0, 0.05) is 13.0 Å². The molecule has 14 heavy (non-hydrogen) atoms. The van der Waals surface area contributed by atoms with E-state index in [1.807, 2.05) is 0 Å². The van der Waals surface area contributed by atoms with Gasteiger partial charge in [0.2, 0.25) is 5.91 Å². The standard InChI is InChI=1S/C8H17N3O3/c9-4-2-1-3-7(12)11-5-6(10)8(13)14/h6H,1-5,9-10H2,(H,11,12)(H,13,14). The molecule has 0 spiro atoms. The van der Waals surface area contributed by atoms with Crippen molar-refractivity contribution in [1.82, 2.24) is 5.32 Å². The third-order valence-corrected chi connectivity index (χ3v) is 1.69. The Kier molecular flexibility index (Phi) is 6.69. The van der Waals surface area contributed by atoms with Gasteiger partial charge in [0.1, 0.15) is 6.04 Å². The van der Waals surface area contributed by atoms with Crippen LogP contribution in [0.3, 0.4) is 0 Å². The zero-order valence-electron chi connectivity index (χ0n) is 8.03. The third kappa shape index (κ3) is 6.38. The Balaban J connectivity index is 3.48. The summed E-state index contributed by atoms with van der Waals surface area (Å²) in [5, 5.41) is 10.9. The van der Waals surface area contributed by atoms with Gasteiger partial charge in [-0.3, -0.25) is 9.59 Å². The van der Waals surface area contributed by atoms with Crippen molar-refractivity contribution < 1.29 is 14.7 Å². The molecule has 6 heteroatoms. The number of hydrogen-bond donors (Lipinski definition) is 4. The molecule has 0 aromatic rings. The van der Waals surface area contributed by atoms with E-state index < -0.39 is 12.0 Å². The van der Waals surface area contributed by atoms with Crippen LogP contribution in [-0.4, -0.2) is 36.1 Å². The average molecular weight is 203 g/mol. The minimum atomic E-state index is -1.12. The molecule has 0 bridgehead atoms. The molecule has 0 aliphatic rings. The summed E-state index contributed by atoms with van der Waals surface area (Å²) in [6.45, 7) is 0.526. The van der Waals surface area contributed by atoms with Gasteiger partial charge in [-0.25, -0.2) is 0 Å². The highest BCUT2D eigenvalue weighted by atomic mass is 16.4. The van der Waals surface area contributed by atoms with Crippen molar-refractivity contribution >= 4 is 11.9 Å². The maximum Gasteiger partial charge on any atom is 0.322 e. The molecular formula is C8H17N3O3. The number of hydrogen-bond acceptors (Lipinski definition) is 4. The van der Waals surface area contributed by atoms with Crippen LogP contribution in [0.25, 0.3) is 0 Å². The fraction of sp³-hybridized carbons (Fsp3) is 0.750. The maximum absolute atomic E-state index is 11.0. The molecule has 6 nitrogen and oxygen atoms in total. The molecule has 0 aliphatic heterocycles. The Morgan fingerprint density at radius 2 is 2.00 bits per heavy atom. The number of carboxylic acids is 1. The summed E-state index contributed by atoms with van der Waals surface area (Å²) >= 11 is 0. The van der Waals surface area contributed by atoms with E-state index in [1.165, 1.54) is 0 Å². The molecule has 82 valence electrons. The highest BCUT2D eigenvalue weighted by molar-refractivity contribution is 5.78. The summed E-state index contributed by atoms with van der Waals surface area (Å²) in [6, 6.07) is -1.03. The zero-order valence-corrected chi connectivity index (χ0v) is 8.03. The molecular weight excluding hydrogens is 186 g/mol. The van der Waals surface area contributed by atoms with Crippen molar-refractivity contribution in [2.24, 2.45) is 11.5 Å². The van der Waals surface area contributed by atoms with Gasteiger partial charge < -0.3 is 21.9 Å². The van der Waals surface area contributed by atoms with Gasteiger partial charge in [-0.1, -0.05) is 0 Å². The first-order chi connectivity index (χ1) is 6.57. The molecule has 1 amide bonds. The van der Waals surface area contributed by atoms with E-state index in [9.17, 15) is 9.59 Å². The Morgan fingerprint density at radius 3 is 2.50 bits per heavy atom. The second kappa shape index (κ2) is 7.28. The molecule has 1 atom stereocenters. The van der Waals surface area contributed by atoms with Crippen LogP contribution in [0.15, 0.2) is 0 Å². The van der Waals surface area contributed by atoms with E-state index in [0.717, 1.165) is 6.42 Å². The number of nitrogens with one attached hydrogen (secondary N) is 1. The van der Waals surface area contributed by atoms with Gasteiger partial charge in [-0.05, 0) is 19.4 Å². The van der Waals surface area contributed by atoms with Gasteiger partial charge in [0.25, 0.3) is 0 Å². The van der Waals surface area contributed by atoms with Crippen molar-refractivity contribution in [3.63, 3.8) is 0 Å². The number of carbonyl (C=O) groups excluding carboxylic acids is 1. The van der Waals surface area contributed by atoms with Gasteiger partial charge in [0.05, 0.1) is 0 Å². The number of rotatable bonds is 7. The van der Waals surface area contributed by atoms with E-state index in [0.29, 0.717) is 19.4 Å². The fourth-order valence-electron chi connectivity index (χ4n) is 0.829. The van der Waals surface area contributed by atoms with Gasteiger partial charge in [-0.2, -0.15) is 0 Å². The summed E-state index contributed by atoms with van der Waals surface area (Å²) in [5.41, 5.74) is 10.4.